The molecule has 1 saturated heterocycles. The van der Waals surface area contributed by atoms with Crippen LogP contribution in [0.25, 0.3) is 0 Å². The van der Waals surface area contributed by atoms with E-state index in [0.717, 1.165) is 36.2 Å². The summed E-state index contributed by atoms with van der Waals surface area (Å²) in [7, 11) is 0. The second-order valence-corrected chi connectivity index (χ2v) is 7.52. The Bertz CT molecular complexity index is 596. The van der Waals surface area contributed by atoms with E-state index in [4.69, 9.17) is 12.2 Å². The van der Waals surface area contributed by atoms with Crippen molar-refractivity contribution < 1.29 is 9.59 Å². The van der Waals surface area contributed by atoms with Gasteiger partial charge in [0.05, 0.1) is 5.75 Å². The highest BCUT2D eigenvalue weighted by Gasteiger charge is 2.18. The average Bonchev–Trinajstić information content (AvgIpc) is 2.53. The van der Waals surface area contributed by atoms with E-state index in [0.29, 0.717) is 11.3 Å². The maximum absolute atomic E-state index is 12.0. The summed E-state index contributed by atoms with van der Waals surface area (Å²) in [5, 5.41) is 2.81. The zero-order valence-corrected chi connectivity index (χ0v) is 15.1. The van der Waals surface area contributed by atoms with Gasteiger partial charge in [-0.1, -0.05) is 43.0 Å². The van der Waals surface area contributed by atoms with Crippen LogP contribution in [0.5, 0.6) is 0 Å². The van der Waals surface area contributed by atoms with Crippen LogP contribution in [-0.2, 0) is 4.79 Å². The molecule has 0 atom stereocenters. The molecule has 1 aliphatic heterocycles. The van der Waals surface area contributed by atoms with E-state index in [2.05, 4.69) is 17.1 Å². The zero-order chi connectivity index (χ0) is 16.8. The van der Waals surface area contributed by atoms with Gasteiger partial charge in [0.15, 0.2) is 5.78 Å². The van der Waals surface area contributed by atoms with Gasteiger partial charge in [0, 0.05) is 24.3 Å². The first-order valence-electron chi connectivity index (χ1n) is 7.78. The van der Waals surface area contributed by atoms with Crippen molar-refractivity contribution in [1.82, 2.24) is 4.90 Å². The topological polar surface area (TPSA) is 49.4 Å². The molecule has 2 rings (SSSR count). The lowest BCUT2D eigenvalue weighted by molar-refractivity contribution is -0.113. The SMILES string of the molecule is CC(=O)c1cccc(NC(=O)CSC(=S)N2CCC(C)CC2)c1. The number of carbonyl (C=O) groups is 2. The molecule has 0 bridgehead atoms. The summed E-state index contributed by atoms with van der Waals surface area (Å²) in [6, 6.07) is 6.97. The van der Waals surface area contributed by atoms with Crippen molar-refractivity contribution in [3.63, 3.8) is 0 Å². The van der Waals surface area contributed by atoms with Crippen LogP contribution in [-0.4, -0.2) is 39.8 Å². The molecule has 1 fully saturated rings. The van der Waals surface area contributed by atoms with E-state index in [1.807, 2.05) is 0 Å². The molecule has 4 nitrogen and oxygen atoms in total. The lowest BCUT2D eigenvalue weighted by Gasteiger charge is -2.31. The first kappa shape index (κ1) is 17.9. The number of amides is 1. The smallest absolute Gasteiger partial charge is 0.234 e. The summed E-state index contributed by atoms with van der Waals surface area (Å²) in [5.74, 6) is 0.921. The molecular weight excluding hydrogens is 328 g/mol. The van der Waals surface area contributed by atoms with Crippen LogP contribution in [0, 0.1) is 5.92 Å². The van der Waals surface area contributed by atoms with Gasteiger partial charge >= 0.3 is 0 Å². The maximum atomic E-state index is 12.0. The quantitative estimate of drug-likeness (QED) is 0.664. The maximum Gasteiger partial charge on any atom is 0.234 e. The van der Waals surface area contributed by atoms with E-state index in [-0.39, 0.29) is 17.4 Å². The molecule has 0 saturated carbocycles. The lowest BCUT2D eigenvalue weighted by Crippen LogP contribution is -2.36. The Hall–Kier alpha value is -1.40. The minimum atomic E-state index is -0.108. The summed E-state index contributed by atoms with van der Waals surface area (Å²) >= 11 is 6.82. The summed E-state index contributed by atoms with van der Waals surface area (Å²) in [6.07, 6.45) is 2.31. The molecule has 0 unspecified atom stereocenters. The monoisotopic (exact) mass is 350 g/mol. The van der Waals surface area contributed by atoms with Gasteiger partial charge in [-0.05, 0) is 37.8 Å². The summed E-state index contributed by atoms with van der Waals surface area (Å²) in [5.41, 5.74) is 1.23. The number of benzene rings is 1. The Kier molecular flexibility index (Phi) is 6.59. The number of piperidine rings is 1. The number of Topliss-reactive ketones (excluding diaryl/α,β-unsaturated/α-hetero) is 1. The van der Waals surface area contributed by atoms with Crippen LogP contribution in [0.2, 0.25) is 0 Å². The molecule has 1 amide bonds. The number of carbonyl (C=O) groups excluding carboxylic acids is 2. The predicted octanol–water partition coefficient (Wildman–Crippen LogP) is 3.58. The fourth-order valence-electron chi connectivity index (χ4n) is 2.42. The fraction of sp³-hybridized carbons (Fsp3) is 0.471. The Morgan fingerprint density at radius 1 is 1.35 bits per heavy atom. The van der Waals surface area contributed by atoms with Crippen LogP contribution >= 0.6 is 24.0 Å². The first-order valence-corrected chi connectivity index (χ1v) is 9.17. The molecule has 124 valence electrons. The molecule has 0 aromatic heterocycles. The second kappa shape index (κ2) is 8.45. The normalized spacial score (nSPS) is 15.3. The van der Waals surface area contributed by atoms with Crippen molar-refractivity contribution in [1.29, 1.82) is 0 Å². The molecule has 6 heteroatoms. The van der Waals surface area contributed by atoms with E-state index < -0.39 is 0 Å². The van der Waals surface area contributed by atoms with Crippen LogP contribution < -0.4 is 5.32 Å². The molecule has 0 spiro atoms. The highest BCUT2D eigenvalue weighted by Crippen LogP contribution is 2.20. The summed E-state index contributed by atoms with van der Waals surface area (Å²) in [4.78, 5) is 25.6. The van der Waals surface area contributed by atoms with Crippen molar-refractivity contribution in [3.8, 4) is 0 Å². The molecule has 0 aliphatic carbocycles. The zero-order valence-electron chi connectivity index (χ0n) is 13.5. The van der Waals surface area contributed by atoms with E-state index in [9.17, 15) is 9.59 Å². The number of hydrogen-bond donors (Lipinski definition) is 1. The lowest BCUT2D eigenvalue weighted by atomic mass is 10.00. The van der Waals surface area contributed by atoms with E-state index in [1.165, 1.54) is 18.7 Å². The van der Waals surface area contributed by atoms with E-state index >= 15 is 0 Å². The first-order chi connectivity index (χ1) is 11.0. The number of nitrogens with one attached hydrogen (secondary N) is 1. The van der Waals surface area contributed by atoms with Crippen LogP contribution in [0.1, 0.15) is 37.0 Å². The van der Waals surface area contributed by atoms with E-state index in [1.54, 1.807) is 24.3 Å². The van der Waals surface area contributed by atoms with Gasteiger partial charge in [-0.2, -0.15) is 0 Å². The molecule has 1 N–H and O–H groups in total. The molecule has 1 heterocycles. The molecule has 0 radical (unpaired) electrons. The van der Waals surface area contributed by atoms with Gasteiger partial charge < -0.3 is 10.2 Å². The van der Waals surface area contributed by atoms with Crippen LogP contribution in [0.15, 0.2) is 24.3 Å². The van der Waals surface area contributed by atoms with Gasteiger partial charge in [-0.3, -0.25) is 9.59 Å². The number of nitrogens with zero attached hydrogens (tertiary/aromatic N) is 1. The van der Waals surface area contributed by atoms with Gasteiger partial charge in [0.1, 0.15) is 4.32 Å². The highest BCUT2D eigenvalue weighted by atomic mass is 32.2. The number of ketones is 1. The average molecular weight is 351 g/mol. The van der Waals surface area contributed by atoms with Gasteiger partial charge in [-0.15, -0.1) is 0 Å². The number of hydrogen-bond acceptors (Lipinski definition) is 4. The number of likely N-dealkylation sites (tertiary alicyclic amines) is 1. The molecule has 1 aromatic rings. The number of anilines is 1. The van der Waals surface area contributed by atoms with Crippen molar-refractivity contribution in [2.45, 2.75) is 26.7 Å². The Morgan fingerprint density at radius 3 is 2.70 bits per heavy atom. The Labute approximate surface area is 147 Å². The Morgan fingerprint density at radius 2 is 2.04 bits per heavy atom. The second-order valence-electron chi connectivity index (χ2n) is 5.91. The van der Waals surface area contributed by atoms with Crippen LogP contribution in [0.3, 0.4) is 0 Å². The third-order valence-electron chi connectivity index (χ3n) is 3.92. The summed E-state index contributed by atoms with van der Waals surface area (Å²) < 4.78 is 0.796. The molecule has 23 heavy (non-hydrogen) atoms. The molecule has 1 aromatic carbocycles. The minimum Gasteiger partial charge on any atom is -0.357 e. The van der Waals surface area contributed by atoms with Crippen LogP contribution in [0.4, 0.5) is 5.69 Å². The Balaban J connectivity index is 1.80. The number of rotatable bonds is 4. The third-order valence-corrected chi connectivity index (χ3v) is 5.44. The fourth-order valence-corrected chi connectivity index (χ4v) is 3.47. The third kappa shape index (κ3) is 5.62. The van der Waals surface area contributed by atoms with Gasteiger partial charge in [0.25, 0.3) is 0 Å². The van der Waals surface area contributed by atoms with Crippen molar-refractivity contribution in [2.75, 3.05) is 24.2 Å². The van der Waals surface area contributed by atoms with Crippen molar-refractivity contribution in [2.24, 2.45) is 5.92 Å². The summed E-state index contributed by atoms with van der Waals surface area (Å²) in [6.45, 7) is 5.73. The minimum absolute atomic E-state index is 0.0176. The van der Waals surface area contributed by atoms with Gasteiger partial charge in [-0.25, -0.2) is 0 Å². The standard InChI is InChI=1S/C17H22N2O2S2/c1-12-6-8-19(9-7-12)17(22)23-11-16(21)18-15-5-3-4-14(10-15)13(2)20/h3-5,10,12H,6-9,11H2,1-2H3,(H,18,21). The van der Waals surface area contributed by atoms with Gasteiger partial charge in [0.2, 0.25) is 5.91 Å². The highest BCUT2D eigenvalue weighted by molar-refractivity contribution is 8.23. The predicted molar refractivity (Wildman–Crippen MR) is 100 cm³/mol. The number of thiocarbonyl (C=S) groups is 1. The van der Waals surface area contributed by atoms with Crippen molar-refractivity contribution >= 4 is 45.7 Å². The number of thioether (sulfide) groups is 1. The molecular formula is C17H22N2O2S2. The molecule has 1 aliphatic rings. The largest absolute Gasteiger partial charge is 0.357 e. The van der Waals surface area contributed by atoms with Crippen molar-refractivity contribution in [3.05, 3.63) is 29.8 Å².